The Morgan fingerprint density at radius 1 is 0.951 bits per heavy atom. The Balaban J connectivity index is 1.62. The van der Waals surface area contributed by atoms with Crippen LogP contribution in [-0.2, 0) is 25.6 Å². The van der Waals surface area contributed by atoms with E-state index in [4.69, 9.17) is 16.0 Å². The highest BCUT2D eigenvalue weighted by Crippen LogP contribution is 2.31. The summed E-state index contributed by atoms with van der Waals surface area (Å²) in [4.78, 5) is 48.4. The lowest BCUT2D eigenvalue weighted by Gasteiger charge is -2.31. The van der Waals surface area contributed by atoms with Crippen molar-refractivity contribution >= 4 is 23.6 Å². The van der Waals surface area contributed by atoms with Crippen LogP contribution in [0, 0.1) is 24.8 Å². The van der Waals surface area contributed by atoms with Crippen LogP contribution in [0.25, 0.3) is 10.9 Å². The molecule has 0 unspecified atom stereocenters. The van der Waals surface area contributed by atoms with E-state index in [0.29, 0.717) is 58.2 Å². The van der Waals surface area contributed by atoms with E-state index in [0.717, 1.165) is 18.0 Å². The molecule has 0 spiro atoms. The number of pyridine rings is 1. The van der Waals surface area contributed by atoms with Crippen molar-refractivity contribution in [2.75, 3.05) is 72.2 Å². The molecule has 1 N–H and O–H groups in total. The predicted molar refractivity (Wildman–Crippen MR) is 150 cm³/mol. The molecular formula is C29H34N6O6. The summed E-state index contributed by atoms with van der Waals surface area (Å²) in [5.41, 5.74) is 0.386. The zero-order chi connectivity index (χ0) is 29.5. The minimum absolute atomic E-state index is 0.0182. The van der Waals surface area contributed by atoms with Gasteiger partial charge in [0.25, 0.3) is 17.4 Å². The number of morpholine rings is 2. The molecule has 41 heavy (non-hydrogen) atoms. The van der Waals surface area contributed by atoms with Gasteiger partial charge >= 0.3 is 0 Å². The number of aromatic nitrogens is 1. The molecule has 1 aromatic heterocycles. The summed E-state index contributed by atoms with van der Waals surface area (Å²) in [6.45, 7) is 17.2. The molecule has 3 aliphatic rings. The van der Waals surface area contributed by atoms with E-state index in [-0.39, 0.29) is 46.9 Å². The van der Waals surface area contributed by atoms with Gasteiger partial charge in [0.2, 0.25) is 5.69 Å². The largest absolute Gasteiger partial charge is 0.503 e. The number of carbonyl (C=O) groups is 2. The first-order valence-corrected chi connectivity index (χ1v) is 13.6. The third kappa shape index (κ3) is 6.47. The molecule has 4 heterocycles. The Labute approximate surface area is 238 Å². The maximum atomic E-state index is 13.4. The fourth-order valence-electron chi connectivity index (χ4n) is 5.09. The van der Waals surface area contributed by atoms with Crippen molar-refractivity contribution in [1.29, 1.82) is 5.26 Å². The second-order valence-corrected chi connectivity index (χ2v) is 10.0. The first kappa shape index (κ1) is 29.9. The summed E-state index contributed by atoms with van der Waals surface area (Å²) in [6, 6.07) is 1.93. The van der Waals surface area contributed by atoms with Gasteiger partial charge in [-0.25, -0.2) is 4.85 Å². The van der Waals surface area contributed by atoms with Gasteiger partial charge in [-0.1, -0.05) is 12.2 Å². The Hall–Kier alpha value is -4.07. The smallest absolute Gasteiger partial charge is 0.271 e. The van der Waals surface area contributed by atoms with Crippen LogP contribution in [0.3, 0.4) is 0 Å². The lowest BCUT2D eigenvalue weighted by molar-refractivity contribution is -0.140. The molecule has 1 aromatic rings. The van der Waals surface area contributed by atoms with Gasteiger partial charge in [0.1, 0.15) is 11.6 Å². The first-order valence-electron chi connectivity index (χ1n) is 13.6. The monoisotopic (exact) mass is 562 g/mol. The predicted octanol–water partition coefficient (Wildman–Crippen LogP) is 1.23. The average molecular weight is 563 g/mol. The van der Waals surface area contributed by atoms with Crippen LogP contribution >= 0.6 is 0 Å². The summed E-state index contributed by atoms with van der Waals surface area (Å²) in [5, 5.41) is 20.4. The first-order chi connectivity index (χ1) is 19.8. The molecule has 2 fully saturated rings. The van der Waals surface area contributed by atoms with Crippen molar-refractivity contribution in [3.63, 3.8) is 0 Å². The SMILES string of the molecule is [C-]#[N+]c1c(C)c(/C=C/C=C2\C(=O)N(CCN3CCOCC3)C(=O)C(C#N)=C2C)c(=O)n(CCN2CCOCC2)c1O. The fraction of sp³-hybridized carbons (Fsp3) is 0.483. The van der Waals surface area contributed by atoms with Gasteiger partial charge in [0, 0.05) is 63.5 Å². The number of amides is 2. The summed E-state index contributed by atoms with van der Waals surface area (Å²) >= 11 is 0. The van der Waals surface area contributed by atoms with Crippen molar-refractivity contribution in [1.82, 2.24) is 19.3 Å². The molecular weight excluding hydrogens is 528 g/mol. The van der Waals surface area contributed by atoms with E-state index >= 15 is 0 Å². The molecule has 216 valence electrons. The molecule has 4 rings (SSSR count). The zero-order valence-electron chi connectivity index (χ0n) is 23.4. The third-order valence-electron chi connectivity index (χ3n) is 7.65. The van der Waals surface area contributed by atoms with Crippen LogP contribution < -0.4 is 5.56 Å². The molecule has 0 aliphatic carbocycles. The van der Waals surface area contributed by atoms with Gasteiger partial charge in [0.05, 0.1) is 33.0 Å². The standard InChI is InChI=1S/C29H34N6O6/c1-20-22(26(36)34(28(38)24(20)19-30)9-7-32-11-15-40-16-12-32)5-4-6-23-21(2)25(31-3)29(39)35(27(23)37)10-8-33-13-17-41-18-14-33/h4-6,39H,7-18H2,1-2H3/b6-4+,22-5-. The van der Waals surface area contributed by atoms with Crippen molar-refractivity contribution in [2.45, 2.75) is 20.4 Å². The summed E-state index contributed by atoms with van der Waals surface area (Å²) < 4.78 is 11.9. The van der Waals surface area contributed by atoms with Crippen LogP contribution in [0.2, 0.25) is 0 Å². The minimum Gasteiger partial charge on any atom is -0.503 e. The van der Waals surface area contributed by atoms with Crippen LogP contribution in [0.1, 0.15) is 18.1 Å². The molecule has 2 saturated heterocycles. The Bertz CT molecular complexity index is 1430. The van der Waals surface area contributed by atoms with Crippen LogP contribution in [0.5, 0.6) is 5.88 Å². The molecule has 0 saturated carbocycles. The van der Waals surface area contributed by atoms with E-state index < -0.39 is 17.4 Å². The maximum Gasteiger partial charge on any atom is 0.271 e. The quantitative estimate of drug-likeness (QED) is 0.282. The number of allylic oxidation sites excluding steroid dienone is 2. The fourth-order valence-corrected chi connectivity index (χ4v) is 5.09. The number of hydrogen-bond acceptors (Lipinski definition) is 9. The number of nitriles is 1. The van der Waals surface area contributed by atoms with Crippen molar-refractivity contribution in [3.05, 3.63) is 61.8 Å². The Kier molecular flexibility index (Phi) is 9.86. The van der Waals surface area contributed by atoms with Crippen molar-refractivity contribution in [3.8, 4) is 11.9 Å². The Morgan fingerprint density at radius 3 is 2.10 bits per heavy atom. The highest BCUT2D eigenvalue weighted by atomic mass is 16.5. The lowest BCUT2D eigenvalue weighted by Crippen LogP contribution is -2.48. The molecule has 2 amide bonds. The van der Waals surface area contributed by atoms with Gasteiger partial charge in [0.15, 0.2) is 5.88 Å². The molecule has 12 heteroatoms. The van der Waals surface area contributed by atoms with Gasteiger partial charge in [-0.2, -0.15) is 5.26 Å². The van der Waals surface area contributed by atoms with Gasteiger partial charge in [-0.15, -0.1) is 0 Å². The second kappa shape index (κ2) is 13.5. The molecule has 0 atom stereocenters. The zero-order valence-corrected chi connectivity index (χ0v) is 23.4. The molecule has 3 aliphatic heterocycles. The van der Waals surface area contributed by atoms with E-state index in [1.165, 1.54) is 22.8 Å². The van der Waals surface area contributed by atoms with E-state index in [9.17, 15) is 24.8 Å². The number of nitrogens with zero attached hydrogens (tertiary/aromatic N) is 6. The van der Waals surface area contributed by atoms with Crippen molar-refractivity contribution in [2.24, 2.45) is 0 Å². The number of ether oxygens (including phenoxy) is 2. The highest BCUT2D eigenvalue weighted by Gasteiger charge is 2.35. The highest BCUT2D eigenvalue weighted by molar-refractivity contribution is 6.18. The average Bonchev–Trinajstić information content (AvgIpc) is 2.97. The molecule has 12 nitrogen and oxygen atoms in total. The second-order valence-electron chi connectivity index (χ2n) is 10.0. The van der Waals surface area contributed by atoms with Crippen LogP contribution in [-0.4, -0.2) is 108 Å². The van der Waals surface area contributed by atoms with E-state index in [2.05, 4.69) is 14.6 Å². The molecule has 0 bridgehead atoms. The normalized spacial score (nSPS) is 20.2. The topological polar surface area (TPSA) is 133 Å². The van der Waals surface area contributed by atoms with Gasteiger partial charge < -0.3 is 14.6 Å². The van der Waals surface area contributed by atoms with E-state index in [1.807, 2.05) is 6.07 Å². The van der Waals surface area contributed by atoms with Crippen molar-refractivity contribution < 1.29 is 24.2 Å². The maximum absolute atomic E-state index is 13.4. The number of rotatable bonds is 8. The van der Waals surface area contributed by atoms with Gasteiger partial charge in [-0.05, 0) is 31.1 Å². The molecule has 0 radical (unpaired) electrons. The number of hydrogen-bond donors (Lipinski definition) is 1. The third-order valence-corrected chi connectivity index (χ3v) is 7.65. The number of aromatic hydroxyl groups is 1. The lowest BCUT2D eigenvalue weighted by atomic mass is 9.95. The molecule has 0 aromatic carbocycles. The Morgan fingerprint density at radius 2 is 1.54 bits per heavy atom. The van der Waals surface area contributed by atoms with Gasteiger partial charge in [-0.3, -0.25) is 33.7 Å². The minimum atomic E-state index is -0.622. The summed E-state index contributed by atoms with van der Waals surface area (Å²) in [7, 11) is 0. The number of imide groups is 1. The van der Waals surface area contributed by atoms with Crippen LogP contribution in [0.4, 0.5) is 5.69 Å². The van der Waals surface area contributed by atoms with Crippen LogP contribution in [0.15, 0.2) is 33.7 Å². The summed E-state index contributed by atoms with van der Waals surface area (Å²) in [6.07, 6.45) is 4.47. The number of carbonyl (C=O) groups excluding carboxylic acids is 2. The van der Waals surface area contributed by atoms with E-state index in [1.54, 1.807) is 13.8 Å². The summed E-state index contributed by atoms with van der Waals surface area (Å²) in [5.74, 6) is -1.51.